The number of hydrogen-bond donors (Lipinski definition) is 0. The lowest BCUT2D eigenvalue weighted by atomic mass is 10.2. The topological polar surface area (TPSA) is 63.9 Å². The highest BCUT2D eigenvalue weighted by Crippen LogP contribution is 2.26. The molecule has 0 saturated carbocycles. The molecular formula is C19H25N5O. The molecule has 6 nitrogen and oxygen atoms in total. The summed E-state index contributed by atoms with van der Waals surface area (Å²) in [4.78, 5) is 23.8. The van der Waals surface area contributed by atoms with Gasteiger partial charge in [-0.1, -0.05) is 13.8 Å². The molecule has 0 N–H and O–H groups in total. The molecule has 4 rings (SSSR count). The Kier molecular flexibility index (Phi) is 4.27. The number of rotatable bonds is 4. The van der Waals surface area contributed by atoms with E-state index in [-0.39, 0.29) is 11.6 Å². The molecule has 2 aromatic rings. The predicted molar refractivity (Wildman–Crippen MR) is 97.0 cm³/mol. The van der Waals surface area contributed by atoms with E-state index in [1.807, 2.05) is 12.3 Å². The third kappa shape index (κ3) is 3.17. The second-order valence-corrected chi connectivity index (χ2v) is 7.41. The van der Waals surface area contributed by atoms with Crippen molar-refractivity contribution in [3.05, 3.63) is 45.8 Å². The smallest absolute Gasteiger partial charge is 0.267 e. The number of fused-ring (bicyclic) bond motifs is 1. The molecule has 6 heteroatoms. The zero-order valence-corrected chi connectivity index (χ0v) is 15.0. The van der Waals surface area contributed by atoms with E-state index in [1.165, 1.54) is 0 Å². The lowest BCUT2D eigenvalue weighted by molar-refractivity contribution is 0.481. The minimum atomic E-state index is 0.0260. The Morgan fingerprint density at radius 2 is 2.16 bits per heavy atom. The van der Waals surface area contributed by atoms with Crippen molar-refractivity contribution in [2.75, 3.05) is 11.4 Å². The highest BCUT2D eigenvalue weighted by atomic mass is 16.1. The number of hydrogen-bond acceptors (Lipinski definition) is 5. The monoisotopic (exact) mass is 339 g/mol. The fourth-order valence-electron chi connectivity index (χ4n) is 3.90. The third-order valence-corrected chi connectivity index (χ3v) is 5.25. The van der Waals surface area contributed by atoms with Crippen molar-refractivity contribution >= 4 is 5.82 Å². The second-order valence-electron chi connectivity index (χ2n) is 7.41. The Morgan fingerprint density at radius 1 is 1.28 bits per heavy atom. The Hall–Kier alpha value is -2.24. The van der Waals surface area contributed by atoms with Gasteiger partial charge in [0.1, 0.15) is 11.6 Å². The van der Waals surface area contributed by atoms with Crippen LogP contribution in [0, 0.1) is 0 Å². The van der Waals surface area contributed by atoms with Gasteiger partial charge < -0.3 is 4.90 Å². The maximum absolute atomic E-state index is 12.4. The van der Waals surface area contributed by atoms with Gasteiger partial charge in [0.25, 0.3) is 5.56 Å². The summed E-state index contributed by atoms with van der Waals surface area (Å²) in [6.07, 6.45) is 7.12. The van der Waals surface area contributed by atoms with Gasteiger partial charge in [0, 0.05) is 24.7 Å². The highest BCUT2D eigenvalue weighted by molar-refractivity contribution is 5.40. The van der Waals surface area contributed by atoms with Crippen LogP contribution in [-0.2, 0) is 19.4 Å². The molecule has 0 aromatic carbocycles. The first-order valence-electron chi connectivity index (χ1n) is 9.31. The van der Waals surface area contributed by atoms with Crippen molar-refractivity contribution in [2.45, 2.75) is 64.5 Å². The molecule has 3 heterocycles. The second kappa shape index (κ2) is 6.58. The summed E-state index contributed by atoms with van der Waals surface area (Å²) in [6.45, 7) is 5.81. The van der Waals surface area contributed by atoms with Crippen molar-refractivity contribution < 1.29 is 0 Å². The lowest BCUT2D eigenvalue weighted by Gasteiger charge is -2.26. The van der Waals surface area contributed by atoms with Crippen molar-refractivity contribution in [3.63, 3.8) is 0 Å². The molecule has 0 spiro atoms. The van der Waals surface area contributed by atoms with Gasteiger partial charge in [0.05, 0.1) is 18.3 Å². The standard InChI is InChI=1S/C19H25N5O/c1-13(2)19-20-9-8-17(21-19)23-10-4-6-15(23)12-24-18(25)11-14-5-3-7-16(14)22-24/h8-9,11,13,15H,3-7,10,12H2,1-2H3. The third-order valence-electron chi connectivity index (χ3n) is 5.25. The summed E-state index contributed by atoms with van der Waals surface area (Å²) in [6, 6.07) is 4.03. The van der Waals surface area contributed by atoms with Crippen LogP contribution in [0.5, 0.6) is 0 Å². The zero-order chi connectivity index (χ0) is 17.4. The normalized spacial score (nSPS) is 19.6. The number of aromatic nitrogens is 4. The molecule has 25 heavy (non-hydrogen) atoms. The van der Waals surface area contributed by atoms with Gasteiger partial charge in [-0.05, 0) is 43.7 Å². The van der Waals surface area contributed by atoms with Crippen molar-refractivity contribution in [3.8, 4) is 0 Å². The van der Waals surface area contributed by atoms with E-state index in [1.54, 1.807) is 10.7 Å². The summed E-state index contributed by atoms with van der Waals surface area (Å²) in [5, 5.41) is 4.63. The average Bonchev–Trinajstić information content (AvgIpc) is 3.24. The molecule has 2 aliphatic rings. The van der Waals surface area contributed by atoms with Gasteiger partial charge in [-0.25, -0.2) is 14.6 Å². The van der Waals surface area contributed by atoms with Crippen LogP contribution < -0.4 is 10.5 Å². The van der Waals surface area contributed by atoms with E-state index >= 15 is 0 Å². The van der Waals surface area contributed by atoms with Crippen LogP contribution in [0.15, 0.2) is 23.1 Å². The van der Waals surface area contributed by atoms with E-state index in [0.29, 0.717) is 12.5 Å². The van der Waals surface area contributed by atoms with Crippen LogP contribution in [0.2, 0.25) is 0 Å². The molecule has 132 valence electrons. The van der Waals surface area contributed by atoms with Crippen LogP contribution in [0.25, 0.3) is 0 Å². The van der Waals surface area contributed by atoms with Crippen LogP contribution >= 0.6 is 0 Å². The molecule has 1 unspecified atom stereocenters. The fourth-order valence-corrected chi connectivity index (χ4v) is 3.90. The SMILES string of the molecule is CC(C)c1nccc(N2CCCC2Cn2nc3c(cc2=O)CCC3)n1. The summed E-state index contributed by atoms with van der Waals surface area (Å²) in [5.74, 6) is 2.15. The maximum Gasteiger partial charge on any atom is 0.267 e. The Balaban J connectivity index is 1.58. The predicted octanol–water partition coefficient (Wildman–Crippen LogP) is 2.31. The fraction of sp³-hybridized carbons (Fsp3) is 0.579. The first-order chi connectivity index (χ1) is 12.1. The average molecular weight is 339 g/mol. The molecular weight excluding hydrogens is 314 g/mol. The molecule has 0 radical (unpaired) electrons. The van der Waals surface area contributed by atoms with Crippen LogP contribution in [0.4, 0.5) is 5.82 Å². The first kappa shape index (κ1) is 16.2. The van der Waals surface area contributed by atoms with Crippen LogP contribution in [0.1, 0.15) is 56.1 Å². The Morgan fingerprint density at radius 3 is 3.00 bits per heavy atom. The summed E-state index contributed by atoms with van der Waals surface area (Å²) in [7, 11) is 0. The summed E-state index contributed by atoms with van der Waals surface area (Å²) < 4.78 is 1.66. The molecule has 1 saturated heterocycles. The molecule has 1 aliphatic heterocycles. The Labute approximate surface area is 147 Å². The molecule has 2 aromatic heterocycles. The minimum Gasteiger partial charge on any atom is -0.352 e. The number of nitrogens with zero attached hydrogens (tertiary/aromatic N) is 5. The zero-order valence-electron chi connectivity index (χ0n) is 15.0. The van der Waals surface area contributed by atoms with Crippen LogP contribution in [0.3, 0.4) is 0 Å². The van der Waals surface area contributed by atoms with Gasteiger partial charge >= 0.3 is 0 Å². The van der Waals surface area contributed by atoms with E-state index in [0.717, 1.165) is 61.5 Å². The van der Waals surface area contributed by atoms with Crippen molar-refractivity contribution in [1.82, 2.24) is 19.7 Å². The lowest BCUT2D eigenvalue weighted by Crippen LogP contribution is -2.38. The van der Waals surface area contributed by atoms with Gasteiger partial charge in [-0.3, -0.25) is 4.79 Å². The van der Waals surface area contributed by atoms with E-state index in [9.17, 15) is 4.79 Å². The first-order valence-corrected chi connectivity index (χ1v) is 9.31. The summed E-state index contributed by atoms with van der Waals surface area (Å²) >= 11 is 0. The Bertz CT molecular complexity index is 829. The minimum absolute atomic E-state index is 0.0260. The van der Waals surface area contributed by atoms with Crippen molar-refractivity contribution in [1.29, 1.82) is 0 Å². The maximum atomic E-state index is 12.4. The number of anilines is 1. The quantitative estimate of drug-likeness (QED) is 0.855. The molecule has 1 fully saturated rings. The van der Waals surface area contributed by atoms with Gasteiger partial charge in [-0.15, -0.1) is 0 Å². The molecule has 1 atom stereocenters. The van der Waals surface area contributed by atoms with Gasteiger partial charge in [0.15, 0.2) is 0 Å². The van der Waals surface area contributed by atoms with Crippen molar-refractivity contribution in [2.24, 2.45) is 0 Å². The largest absolute Gasteiger partial charge is 0.352 e. The molecule has 0 bridgehead atoms. The number of aryl methyl sites for hydroxylation is 2. The van der Waals surface area contributed by atoms with E-state index in [2.05, 4.69) is 28.8 Å². The van der Waals surface area contributed by atoms with Gasteiger partial charge in [-0.2, -0.15) is 5.10 Å². The molecule has 0 amide bonds. The van der Waals surface area contributed by atoms with E-state index < -0.39 is 0 Å². The summed E-state index contributed by atoms with van der Waals surface area (Å²) in [5.41, 5.74) is 2.27. The highest BCUT2D eigenvalue weighted by Gasteiger charge is 2.27. The van der Waals surface area contributed by atoms with E-state index in [4.69, 9.17) is 4.98 Å². The van der Waals surface area contributed by atoms with Gasteiger partial charge in [0.2, 0.25) is 0 Å². The van der Waals surface area contributed by atoms with Crippen LogP contribution in [-0.4, -0.2) is 32.3 Å². The molecule has 1 aliphatic carbocycles.